The Kier molecular flexibility index (Phi) is 2.17. The average molecular weight is 167 g/mol. The number of carbonyl (C=O) groups is 1. The molecule has 0 saturated carbocycles. The Balaban J connectivity index is 3.09. The molecule has 1 aromatic heterocycles. The van der Waals surface area contributed by atoms with Gasteiger partial charge in [0.05, 0.1) is 5.69 Å². The molecule has 0 spiro atoms. The number of hydrogen-bond donors (Lipinski definition) is 1. The maximum Gasteiger partial charge on any atom is 0.266 e. The smallest absolute Gasteiger partial charge is 0.266 e. The third-order valence-corrected chi connectivity index (χ3v) is 1.74. The van der Waals surface area contributed by atoms with Crippen LogP contribution >= 0.6 is 0 Å². The lowest BCUT2D eigenvalue weighted by Gasteiger charge is -1.95. The van der Waals surface area contributed by atoms with Gasteiger partial charge in [0.15, 0.2) is 0 Å². The Morgan fingerprint density at radius 3 is 2.50 bits per heavy atom. The summed E-state index contributed by atoms with van der Waals surface area (Å²) < 4.78 is 1.51. The SMILES string of the molecule is CC(C)c1cc(C(N)=O)n(C)n1. The second-order valence-electron chi connectivity index (χ2n) is 3.10. The zero-order valence-electron chi connectivity index (χ0n) is 7.53. The number of amides is 1. The van der Waals surface area contributed by atoms with Crippen LogP contribution in [0.3, 0.4) is 0 Å². The number of nitrogens with two attached hydrogens (primary N) is 1. The monoisotopic (exact) mass is 167 g/mol. The molecular weight excluding hydrogens is 154 g/mol. The van der Waals surface area contributed by atoms with E-state index in [2.05, 4.69) is 5.10 Å². The summed E-state index contributed by atoms with van der Waals surface area (Å²) in [6.45, 7) is 4.04. The first-order valence-electron chi connectivity index (χ1n) is 3.86. The predicted octanol–water partition coefficient (Wildman–Crippen LogP) is 0.642. The van der Waals surface area contributed by atoms with Crippen LogP contribution in [-0.4, -0.2) is 15.7 Å². The van der Waals surface area contributed by atoms with Gasteiger partial charge in [-0.1, -0.05) is 13.8 Å². The lowest BCUT2D eigenvalue weighted by atomic mass is 10.1. The number of carbonyl (C=O) groups excluding carboxylic acids is 1. The van der Waals surface area contributed by atoms with Crippen molar-refractivity contribution in [3.05, 3.63) is 17.5 Å². The van der Waals surface area contributed by atoms with Gasteiger partial charge >= 0.3 is 0 Å². The van der Waals surface area contributed by atoms with Gasteiger partial charge in [-0.25, -0.2) is 0 Å². The second kappa shape index (κ2) is 2.97. The van der Waals surface area contributed by atoms with Gasteiger partial charge in [-0.2, -0.15) is 5.10 Å². The van der Waals surface area contributed by atoms with Crippen LogP contribution in [0.1, 0.15) is 35.9 Å². The van der Waals surface area contributed by atoms with E-state index >= 15 is 0 Å². The number of rotatable bonds is 2. The first-order valence-corrected chi connectivity index (χ1v) is 3.86. The maximum absolute atomic E-state index is 10.8. The molecule has 1 aromatic rings. The second-order valence-corrected chi connectivity index (χ2v) is 3.10. The number of aromatic nitrogens is 2. The molecule has 1 heterocycles. The number of nitrogens with zero attached hydrogens (tertiary/aromatic N) is 2. The zero-order valence-corrected chi connectivity index (χ0v) is 7.53. The van der Waals surface area contributed by atoms with Crippen LogP contribution in [0, 0.1) is 0 Å². The summed E-state index contributed by atoms with van der Waals surface area (Å²) in [4.78, 5) is 10.8. The highest BCUT2D eigenvalue weighted by Crippen LogP contribution is 2.12. The van der Waals surface area contributed by atoms with Crippen LogP contribution in [0.4, 0.5) is 0 Å². The van der Waals surface area contributed by atoms with Gasteiger partial charge < -0.3 is 5.73 Å². The fraction of sp³-hybridized carbons (Fsp3) is 0.500. The molecule has 0 saturated heterocycles. The van der Waals surface area contributed by atoms with Crippen molar-refractivity contribution in [1.82, 2.24) is 9.78 Å². The molecule has 0 aliphatic heterocycles. The highest BCUT2D eigenvalue weighted by molar-refractivity contribution is 5.91. The zero-order chi connectivity index (χ0) is 9.30. The molecule has 0 atom stereocenters. The van der Waals surface area contributed by atoms with Crippen molar-refractivity contribution in [2.45, 2.75) is 19.8 Å². The molecule has 66 valence electrons. The highest BCUT2D eigenvalue weighted by Gasteiger charge is 2.11. The molecule has 1 amide bonds. The third-order valence-electron chi connectivity index (χ3n) is 1.74. The first-order chi connectivity index (χ1) is 5.52. The van der Waals surface area contributed by atoms with Crippen molar-refractivity contribution in [1.29, 1.82) is 0 Å². The van der Waals surface area contributed by atoms with E-state index in [9.17, 15) is 4.79 Å². The van der Waals surface area contributed by atoms with E-state index in [1.54, 1.807) is 13.1 Å². The molecule has 2 N–H and O–H groups in total. The lowest BCUT2D eigenvalue weighted by molar-refractivity contribution is 0.0991. The van der Waals surface area contributed by atoms with Crippen molar-refractivity contribution in [3.63, 3.8) is 0 Å². The molecule has 4 heteroatoms. The summed E-state index contributed by atoms with van der Waals surface area (Å²) in [5.74, 6) is -0.110. The quantitative estimate of drug-likeness (QED) is 0.702. The first kappa shape index (κ1) is 8.77. The minimum Gasteiger partial charge on any atom is -0.364 e. The largest absolute Gasteiger partial charge is 0.364 e. The Bertz CT molecular complexity index is 301. The van der Waals surface area contributed by atoms with Gasteiger partial charge in [0, 0.05) is 7.05 Å². The summed E-state index contributed by atoms with van der Waals surface area (Å²) in [6, 6.07) is 1.73. The fourth-order valence-electron chi connectivity index (χ4n) is 1.00. The molecule has 0 bridgehead atoms. The Morgan fingerprint density at radius 1 is 1.67 bits per heavy atom. The van der Waals surface area contributed by atoms with Crippen LogP contribution in [0.25, 0.3) is 0 Å². The Morgan fingerprint density at radius 2 is 2.25 bits per heavy atom. The van der Waals surface area contributed by atoms with E-state index < -0.39 is 5.91 Å². The summed E-state index contributed by atoms with van der Waals surface area (Å²) in [5.41, 5.74) is 6.48. The Hall–Kier alpha value is -1.32. The molecule has 0 radical (unpaired) electrons. The third kappa shape index (κ3) is 1.47. The molecule has 4 nitrogen and oxygen atoms in total. The topological polar surface area (TPSA) is 60.9 Å². The summed E-state index contributed by atoms with van der Waals surface area (Å²) >= 11 is 0. The summed E-state index contributed by atoms with van der Waals surface area (Å²) in [5, 5.41) is 4.15. The summed E-state index contributed by atoms with van der Waals surface area (Å²) in [7, 11) is 1.71. The minimum absolute atomic E-state index is 0.323. The van der Waals surface area contributed by atoms with Gasteiger partial charge in [0.1, 0.15) is 5.69 Å². The minimum atomic E-state index is -0.433. The number of hydrogen-bond acceptors (Lipinski definition) is 2. The Labute approximate surface area is 71.4 Å². The molecular formula is C8H13N3O. The molecule has 0 aromatic carbocycles. The summed E-state index contributed by atoms with van der Waals surface area (Å²) in [6.07, 6.45) is 0. The van der Waals surface area contributed by atoms with Crippen molar-refractivity contribution in [3.8, 4) is 0 Å². The van der Waals surface area contributed by atoms with E-state index in [-0.39, 0.29) is 0 Å². The van der Waals surface area contributed by atoms with Gasteiger partial charge in [0.2, 0.25) is 0 Å². The van der Waals surface area contributed by atoms with E-state index in [1.165, 1.54) is 4.68 Å². The van der Waals surface area contributed by atoms with Crippen LogP contribution in [0.15, 0.2) is 6.07 Å². The molecule has 12 heavy (non-hydrogen) atoms. The van der Waals surface area contributed by atoms with Gasteiger partial charge in [-0.15, -0.1) is 0 Å². The van der Waals surface area contributed by atoms with Gasteiger partial charge in [-0.3, -0.25) is 9.48 Å². The van der Waals surface area contributed by atoms with Crippen LogP contribution in [0.5, 0.6) is 0 Å². The van der Waals surface area contributed by atoms with Crippen LogP contribution in [-0.2, 0) is 7.05 Å². The van der Waals surface area contributed by atoms with E-state index in [0.29, 0.717) is 11.6 Å². The van der Waals surface area contributed by atoms with E-state index in [0.717, 1.165) is 5.69 Å². The maximum atomic E-state index is 10.8. The van der Waals surface area contributed by atoms with Crippen molar-refractivity contribution in [2.24, 2.45) is 12.8 Å². The highest BCUT2D eigenvalue weighted by atomic mass is 16.1. The van der Waals surface area contributed by atoms with Crippen molar-refractivity contribution >= 4 is 5.91 Å². The van der Waals surface area contributed by atoms with Crippen molar-refractivity contribution < 1.29 is 4.79 Å². The number of aryl methyl sites for hydroxylation is 1. The molecule has 1 rings (SSSR count). The van der Waals surface area contributed by atoms with Crippen LogP contribution < -0.4 is 5.73 Å². The predicted molar refractivity (Wildman–Crippen MR) is 45.8 cm³/mol. The van der Waals surface area contributed by atoms with Gasteiger partial charge in [-0.05, 0) is 12.0 Å². The molecule has 0 aliphatic carbocycles. The standard InChI is InChI=1S/C8H13N3O/c1-5(2)6-4-7(8(9)12)11(3)10-6/h4-5H,1-3H3,(H2,9,12). The lowest BCUT2D eigenvalue weighted by Crippen LogP contribution is -2.15. The number of primary amides is 1. The van der Waals surface area contributed by atoms with E-state index in [4.69, 9.17) is 5.73 Å². The van der Waals surface area contributed by atoms with Crippen LogP contribution in [0.2, 0.25) is 0 Å². The fourth-order valence-corrected chi connectivity index (χ4v) is 1.00. The molecule has 0 aliphatic rings. The molecule has 0 fully saturated rings. The molecule has 0 unspecified atom stereocenters. The average Bonchev–Trinajstić information content (AvgIpc) is 2.30. The normalized spacial score (nSPS) is 10.7. The van der Waals surface area contributed by atoms with Gasteiger partial charge in [0.25, 0.3) is 5.91 Å². The van der Waals surface area contributed by atoms with E-state index in [1.807, 2.05) is 13.8 Å². The van der Waals surface area contributed by atoms with Crippen molar-refractivity contribution in [2.75, 3.05) is 0 Å².